The zero-order chi connectivity index (χ0) is 21.3. The SMILES string of the molecule is C=C(C)C1CC(O)C(C)=CC1c1c(O)cc(-c2ccnc(OC(F)F)c2)cc1O. The third-order valence-electron chi connectivity index (χ3n) is 5.26. The summed E-state index contributed by atoms with van der Waals surface area (Å²) in [4.78, 5) is 3.72. The fourth-order valence-corrected chi connectivity index (χ4v) is 3.75. The number of hydrogen-bond donors (Lipinski definition) is 3. The average Bonchev–Trinajstić information content (AvgIpc) is 2.63. The Bertz CT molecular complexity index is 935. The van der Waals surface area contributed by atoms with Crippen molar-refractivity contribution in [1.82, 2.24) is 4.98 Å². The smallest absolute Gasteiger partial charge is 0.388 e. The number of nitrogens with zero attached hydrogens (tertiary/aromatic N) is 1. The monoisotopic (exact) mass is 403 g/mol. The molecule has 5 nitrogen and oxygen atoms in total. The van der Waals surface area contributed by atoms with E-state index >= 15 is 0 Å². The minimum atomic E-state index is -3.00. The molecule has 3 unspecified atom stereocenters. The van der Waals surface area contributed by atoms with Gasteiger partial charge in [0.05, 0.1) is 6.10 Å². The highest BCUT2D eigenvalue weighted by Gasteiger charge is 2.33. The minimum Gasteiger partial charge on any atom is -0.507 e. The topological polar surface area (TPSA) is 82.8 Å². The van der Waals surface area contributed by atoms with Crippen LogP contribution in [0.25, 0.3) is 11.1 Å². The number of halogens is 2. The van der Waals surface area contributed by atoms with E-state index in [4.69, 9.17) is 0 Å². The summed E-state index contributed by atoms with van der Waals surface area (Å²) in [5.74, 6) is -1.03. The maximum atomic E-state index is 12.4. The number of rotatable bonds is 5. The number of aromatic hydroxyl groups is 2. The minimum absolute atomic E-state index is 0.134. The molecule has 0 bridgehead atoms. The van der Waals surface area contributed by atoms with Crippen LogP contribution in [0.5, 0.6) is 17.4 Å². The molecule has 0 spiro atoms. The van der Waals surface area contributed by atoms with Gasteiger partial charge in [0, 0.05) is 23.7 Å². The molecule has 0 saturated heterocycles. The lowest BCUT2D eigenvalue weighted by Crippen LogP contribution is -2.26. The summed E-state index contributed by atoms with van der Waals surface area (Å²) in [7, 11) is 0. The van der Waals surface area contributed by atoms with Gasteiger partial charge in [0.25, 0.3) is 0 Å². The van der Waals surface area contributed by atoms with Crippen LogP contribution in [0.4, 0.5) is 8.78 Å². The van der Waals surface area contributed by atoms with Gasteiger partial charge < -0.3 is 20.1 Å². The zero-order valence-corrected chi connectivity index (χ0v) is 16.1. The van der Waals surface area contributed by atoms with Crippen LogP contribution in [0.15, 0.2) is 54.3 Å². The van der Waals surface area contributed by atoms with Gasteiger partial charge in [-0.3, -0.25) is 0 Å². The van der Waals surface area contributed by atoms with E-state index in [0.29, 0.717) is 23.1 Å². The first kappa shape index (κ1) is 20.8. The Morgan fingerprint density at radius 1 is 1.21 bits per heavy atom. The van der Waals surface area contributed by atoms with Gasteiger partial charge in [0.1, 0.15) is 11.5 Å². The van der Waals surface area contributed by atoms with Gasteiger partial charge in [-0.15, -0.1) is 0 Å². The predicted octanol–water partition coefficient (Wildman–Crippen LogP) is 4.75. The molecule has 1 aliphatic rings. The van der Waals surface area contributed by atoms with Crippen LogP contribution >= 0.6 is 0 Å². The third kappa shape index (κ3) is 4.40. The van der Waals surface area contributed by atoms with E-state index < -0.39 is 12.7 Å². The zero-order valence-electron chi connectivity index (χ0n) is 16.1. The molecule has 3 atom stereocenters. The van der Waals surface area contributed by atoms with E-state index in [9.17, 15) is 24.1 Å². The summed E-state index contributed by atoms with van der Waals surface area (Å²) in [6, 6.07) is 5.78. The van der Waals surface area contributed by atoms with Gasteiger partial charge in [0.2, 0.25) is 5.88 Å². The fraction of sp³-hybridized carbons (Fsp3) is 0.318. The third-order valence-corrected chi connectivity index (χ3v) is 5.26. The van der Waals surface area contributed by atoms with Crippen molar-refractivity contribution in [2.75, 3.05) is 0 Å². The van der Waals surface area contributed by atoms with Crippen LogP contribution in [-0.4, -0.2) is 33.0 Å². The summed E-state index contributed by atoms with van der Waals surface area (Å²) in [5, 5.41) is 31.6. The van der Waals surface area contributed by atoms with Crippen LogP contribution in [0.3, 0.4) is 0 Å². The standard InChI is InChI=1S/C22H23F2NO4/c1-11(2)15-10-17(26)12(3)6-16(15)21-18(27)7-14(8-19(21)28)13-4-5-25-20(9-13)29-22(23)24/h4-9,15-17,22,26-28H,1,10H2,2-3H3. The number of phenols is 2. The number of aliphatic hydroxyl groups excluding tert-OH is 1. The Hall–Kier alpha value is -2.93. The molecule has 154 valence electrons. The molecule has 3 N–H and O–H groups in total. The van der Waals surface area contributed by atoms with Gasteiger partial charge in [-0.2, -0.15) is 8.78 Å². The van der Waals surface area contributed by atoms with Crippen molar-refractivity contribution >= 4 is 0 Å². The van der Waals surface area contributed by atoms with Crippen molar-refractivity contribution in [2.45, 2.75) is 38.9 Å². The summed E-state index contributed by atoms with van der Waals surface area (Å²) in [6.07, 6.45) is 2.99. The van der Waals surface area contributed by atoms with E-state index in [1.54, 1.807) is 13.0 Å². The van der Waals surface area contributed by atoms with Gasteiger partial charge in [-0.1, -0.05) is 18.2 Å². The highest BCUT2D eigenvalue weighted by atomic mass is 19.3. The molecule has 0 saturated carbocycles. The van der Waals surface area contributed by atoms with Crippen molar-refractivity contribution in [3.8, 4) is 28.5 Å². The molecular weight excluding hydrogens is 380 g/mol. The second-order valence-corrected chi connectivity index (χ2v) is 7.33. The lowest BCUT2D eigenvalue weighted by atomic mass is 9.72. The molecule has 29 heavy (non-hydrogen) atoms. The largest absolute Gasteiger partial charge is 0.507 e. The number of alkyl halides is 2. The van der Waals surface area contributed by atoms with Crippen LogP contribution in [0.1, 0.15) is 31.7 Å². The first-order valence-corrected chi connectivity index (χ1v) is 9.16. The summed E-state index contributed by atoms with van der Waals surface area (Å²) < 4.78 is 29.2. The van der Waals surface area contributed by atoms with Crippen molar-refractivity contribution in [2.24, 2.45) is 5.92 Å². The molecule has 0 aliphatic heterocycles. The molecule has 0 fully saturated rings. The lowest BCUT2D eigenvalue weighted by Gasteiger charge is -2.34. The maximum Gasteiger partial charge on any atom is 0.388 e. The Morgan fingerprint density at radius 3 is 2.45 bits per heavy atom. The van der Waals surface area contributed by atoms with E-state index in [2.05, 4.69) is 16.3 Å². The summed E-state index contributed by atoms with van der Waals surface area (Å²) in [6.45, 7) is 4.64. The Balaban J connectivity index is 2.03. The average molecular weight is 403 g/mol. The molecule has 2 aromatic rings. The van der Waals surface area contributed by atoms with Gasteiger partial charge in [0.15, 0.2) is 0 Å². The number of aromatic nitrogens is 1. The number of hydrogen-bond acceptors (Lipinski definition) is 5. The number of aliphatic hydroxyl groups is 1. The first-order chi connectivity index (χ1) is 13.7. The van der Waals surface area contributed by atoms with Gasteiger partial charge >= 0.3 is 6.61 Å². The molecule has 1 aromatic heterocycles. The van der Waals surface area contributed by atoms with Crippen LogP contribution < -0.4 is 4.74 Å². The van der Waals surface area contributed by atoms with Gasteiger partial charge in [-0.25, -0.2) is 4.98 Å². The number of benzene rings is 1. The van der Waals surface area contributed by atoms with E-state index in [1.807, 2.05) is 13.0 Å². The van der Waals surface area contributed by atoms with Crippen molar-refractivity contribution in [3.63, 3.8) is 0 Å². The predicted molar refractivity (Wildman–Crippen MR) is 105 cm³/mol. The van der Waals surface area contributed by atoms with Crippen molar-refractivity contribution in [3.05, 3.63) is 59.8 Å². The van der Waals surface area contributed by atoms with E-state index in [0.717, 1.165) is 11.1 Å². The highest BCUT2D eigenvalue weighted by Crippen LogP contribution is 2.47. The van der Waals surface area contributed by atoms with Crippen molar-refractivity contribution in [1.29, 1.82) is 0 Å². The molecule has 1 heterocycles. The second-order valence-electron chi connectivity index (χ2n) is 7.33. The molecule has 0 radical (unpaired) electrons. The quantitative estimate of drug-likeness (QED) is 0.628. The molecule has 7 heteroatoms. The molecule has 0 amide bonds. The Kier molecular flexibility index (Phi) is 5.88. The Morgan fingerprint density at radius 2 is 1.86 bits per heavy atom. The van der Waals surface area contributed by atoms with Crippen LogP contribution in [0, 0.1) is 5.92 Å². The fourth-order valence-electron chi connectivity index (χ4n) is 3.75. The van der Waals surface area contributed by atoms with Crippen molar-refractivity contribution < 1.29 is 28.8 Å². The van der Waals surface area contributed by atoms with Gasteiger partial charge in [-0.05, 0) is 61.1 Å². The number of pyridine rings is 1. The maximum absolute atomic E-state index is 12.4. The second kappa shape index (κ2) is 8.21. The highest BCUT2D eigenvalue weighted by molar-refractivity contribution is 5.70. The lowest BCUT2D eigenvalue weighted by molar-refractivity contribution is -0.0528. The van der Waals surface area contributed by atoms with Crippen LogP contribution in [0.2, 0.25) is 0 Å². The number of allylic oxidation sites excluding steroid dienone is 2. The normalized spacial score (nSPS) is 21.7. The van der Waals surface area contributed by atoms with E-state index in [1.165, 1.54) is 24.4 Å². The molecule has 1 aliphatic carbocycles. The molecule has 1 aromatic carbocycles. The van der Waals surface area contributed by atoms with Crippen LogP contribution in [-0.2, 0) is 0 Å². The number of phenolic OH excluding ortho intramolecular Hbond substituents is 2. The summed E-state index contributed by atoms with van der Waals surface area (Å²) in [5.41, 5.74) is 2.82. The number of ether oxygens (including phenoxy) is 1. The van der Waals surface area contributed by atoms with E-state index in [-0.39, 0.29) is 29.2 Å². The summed E-state index contributed by atoms with van der Waals surface area (Å²) >= 11 is 0. The first-order valence-electron chi connectivity index (χ1n) is 9.16. The molecule has 3 rings (SSSR count). The Labute approximate surface area is 167 Å². The molecular formula is C22H23F2NO4.